The average Bonchev–Trinajstić information content (AvgIpc) is 2.80. The number of aliphatic hydroxyl groups is 1. The first-order valence-electron chi connectivity index (χ1n) is 7.53. The molecule has 0 fully saturated rings. The first kappa shape index (κ1) is 16.4. The van der Waals surface area contributed by atoms with Gasteiger partial charge in [0, 0.05) is 25.0 Å². The highest BCUT2D eigenvalue weighted by molar-refractivity contribution is 6.34. The van der Waals surface area contributed by atoms with Crippen molar-refractivity contribution in [3.8, 4) is 0 Å². The Morgan fingerprint density at radius 1 is 1.16 bits per heavy atom. The van der Waals surface area contributed by atoms with Crippen molar-refractivity contribution >= 4 is 29.0 Å². The van der Waals surface area contributed by atoms with Crippen LogP contribution in [0.4, 0.5) is 5.69 Å². The van der Waals surface area contributed by atoms with Gasteiger partial charge in [-0.3, -0.25) is 24.3 Å². The van der Waals surface area contributed by atoms with Crippen LogP contribution in [0.1, 0.15) is 18.1 Å². The number of hydrogen-bond donors (Lipinski definition) is 2. The second-order valence-corrected chi connectivity index (χ2v) is 5.54. The average molecular weight is 337 g/mol. The second-order valence-electron chi connectivity index (χ2n) is 5.54. The van der Waals surface area contributed by atoms with E-state index in [4.69, 9.17) is 0 Å². The quantitative estimate of drug-likeness (QED) is 0.830. The number of aromatic nitrogens is 1. The maximum Gasteiger partial charge on any atom is 0.296 e. The molecule has 1 aromatic carbocycles. The molecule has 2 N–H and O–H groups in total. The monoisotopic (exact) mass is 337 g/mol. The SMILES string of the molecule is CC(=O)Nc1ccc(C2=C(O)C(=O)N(Cc3cccnc3)C2=O)cc1. The molecular weight excluding hydrogens is 322 g/mol. The molecule has 0 saturated carbocycles. The number of carbonyl (C=O) groups excluding carboxylic acids is 3. The molecule has 1 aliphatic heterocycles. The molecule has 3 rings (SSSR count). The van der Waals surface area contributed by atoms with E-state index in [0.717, 1.165) is 4.90 Å². The first-order chi connectivity index (χ1) is 12.0. The third-order valence-electron chi connectivity index (χ3n) is 3.70. The molecule has 0 unspecified atom stereocenters. The largest absolute Gasteiger partial charge is 0.502 e. The van der Waals surface area contributed by atoms with Crippen molar-refractivity contribution in [3.05, 3.63) is 65.7 Å². The third kappa shape index (κ3) is 3.25. The van der Waals surface area contributed by atoms with Crippen molar-refractivity contribution in [1.29, 1.82) is 0 Å². The third-order valence-corrected chi connectivity index (χ3v) is 3.70. The predicted molar refractivity (Wildman–Crippen MR) is 90.1 cm³/mol. The lowest BCUT2D eigenvalue weighted by Gasteiger charge is -2.14. The summed E-state index contributed by atoms with van der Waals surface area (Å²) >= 11 is 0. The van der Waals surface area contributed by atoms with E-state index >= 15 is 0 Å². The van der Waals surface area contributed by atoms with Gasteiger partial charge in [0.15, 0.2) is 5.76 Å². The standard InChI is InChI=1S/C18H15N3O4/c1-11(22)20-14-6-4-13(5-7-14)15-16(23)18(25)21(17(15)24)10-12-3-2-8-19-9-12/h2-9,23H,10H2,1H3,(H,20,22). The summed E-state index contributed by atoms with van der Waals surface area (Å²) in [6.45, 7) is 1.42. The van der Waals surface area contributed by atoms with Gasteiger partial charge in [-0.15, -0.1) is 0 Å². The number of carbonyl (C=O) groups is 3. The van der Waals surface area contributed by atoms with Crippen molar-refractivity contribution in [1.82, 2.24) is 9.88 Å². The number of nitrogens with zero attached hydrogens (tertiary/aromatic N) is 2. The molecular formula is C18H15N3O4. The Kier molecular flexibility index (Phi) is 4.30. The van der Waals surface area contributed by atoms with Crippen LogP contribution in [0.5, 0.6) is 0 Å². The Bertz CT molecular complexity index is 873. The van der Waals surface area contributed by atoms with Crippen LogP contribution in [0.25, 0.3) is 5.57 Å². The summed E-state index contributed by atoms with van der Waals surface area (Å²) in [5.41, 5.74) is 1.58. The minimum Gasteiger partial charge on any atom is -0.502 e. The molecule has 7 heteroatoms. The Balaban J connectivity index is 1.85. The molecule has 1 aliphatic rings. The van der Waals surface area contributed by atoms with Gasteiger partial charge < -0.3 is 10.4 Å². The van der Waals surface area contributed by atoms with Crippen LogP contribution in [-0.2, 0) is 20.9 Å². The predicted octanol–water partition coefficient (Wildman–Crippen LogP) is 1.88. The van der Waals surface area contributed by atoms with Gasteiger partial charge in [-0.1, -0.05) is 18.2 Å². The second kappa shape index (κ2) is 6.56. The zero-order valence-corrected chi connectivity index (χ0v) is 13.4. The van der Waals surface area contributed by atoms with E-state index < -0.39 is 17.6 Å². The summed E-state index contributed by atoms with van der Waals surface area (Å²) in [5.74, 6) is -2.11. The molecule has 2 heterocycles. The number of nitrogens with one attached hydrogen (secondary N) is 1. The molecule has 0 bridgehead atoms. The van der Waals surface area contributed by atoms with Crippen LogP contribution < -0.4 is 5.32 Å². The molecule has 2 aromatic rings. The van der Waals surface area contributed by atoms with Gasteiger partial charge in [0.05, 0.1) is 12.1 Å². The van der Waals surface area contributed by atoms with Gasteiger partial charge in [-0.25, -0.2) is 0 Å². The van der Waals surface area contributed by atoms with Gasteiger partial charge in [-0.05, 0) is 29.3 Å². The fourth-order valence-corrected chi connectivity index (χ4v) is 2.56. The lowest BCUT2D eigenvalue weighted by molar-refractivity contribution is -0.138. The van der Waals surface area contributed by atoms with E-state index in [1.165, 1.54) is 6.92 Å². The van der Waals surface area contributed by atoms with Gasteiger partial charge in [0.25, 0.3) is 11.8 Å². The Labute approximate surface area is 143 Å². The van der Waals surface area contributed by atoms with E-state index in [1.807, 2.05) is 0 Å². The van der Waals surface area contributed by atoms with E-state index in [0.29, 0.717) is 16.8 Å². The summed E-state index contributed by atoms with van der Waals surface area (Å²) in [7, 11) is 0. The van der Waals surface area contributed by atoms with E-state index in [1.54, 1.807) is 48.8 Å². The maximum absolute atomic E-state index is 12.6. The Hall–Kier alpha value is -3.48. The molecule has 1 aromatic heterocycles. The van der Waals surface area contributed by atoms with E-state index in [9.17, 15) is 19.5 Å². The summed E-state index contributed by atoms with van der Waals surface area (Å²) in [6, 6.07) is 9.77. The molecule has 0 spiro atoms. The first-order valence-corrected chi connectivity index (χ1v) is 7.53. The zero-order chi connectivity index (χ0) is 18.0. The van der Waals surface area contributed by atoms with Crippen LogP contribution in [-0.4, -0.2) is 32.7 Å². The molecule has 3 amide bonds. The molecule has 0 atom stereocenters. The normalized spacial score (nSPS) is 14.2. The summed E-state index contributed by atoms with van der Waals surface area (Å²) < 4.78 is 0. The lowest BCUT2D eigenvalue weighted by Crippen LogP contribution is -2.31. The Morgan fingerprint density at radius 3 is 2.48 bits per heavy atom. The maximum atomic E-state index is 12.6. The van der Waals surface area contributed by atoms with Crippen molar-refractivity contribution in [2.45, 2.75) is 13.5 Å². The number of rotatable bonds is 4. The minimum absolute atomic E-state index is 0.0308. The molecule has 0 saturated heterocycles. The van der Waals surface area contributed by atoms with E-state index in [-0.39, 0.29) is 18.0 Å². The minimum atomic E-state index is -0.741. The lowest BCUT2D eigenvalue weighted by atomic mass is 10.1. The topological polar surface area (TPSA) is 99.6 Å². The number of hydrogen-bond acceptors (Lipinski definition) is 5. The summed E-state index contributed by atoms with van der Waals surface area (Å²) in [4.78, 5) is 40.8. The molecule has 0 aliphatic carbocycles. The van der Waals surface area contributed by atoms with Crippen LogP contribution >= 0.6 is 0 Å². The molecule has 25 heavy (non-hydrogen) atoms. The summed E-state index contributed by atoms with van der Waals surface area (Å²) in [5, 5.41) is 12.7. The fourth-order valence-electron chi connectivity index (χ4n) is 2.56. The number of anilines is 1. The van der Waals surface area contributed by atoms with Crippen molar-refractivity contribution in [2.75, 3.05) is 5.32 Å². The number of benzene rings is 1. The number of amides is 3. The number of imide groups is 1. The van der Waals surface area contributed by atoms with Crippen LogP contribution in [0.3, 0.4) is 0 Å². The van der Waals surface area contributed by atoms with Crippen molar-refractivity contribution in [3.63, 3.8) is 0 Å². The molecule has 7 nitrogen and oxygen atoms in total. The van der Waals surface area contributed by atoms with Gasteiger partial charge in [0.1, 0.15) is 0 Å². The molecule has 126 valence electrons. The highest BCUT2D eigenvalue weighted by atomic mass is 16.3. The van der Waals surface area contributed by atoms with Crippen LogP contribution in [0, 0.1) is 0 Å². The smallest absolute Gasteiger partial charge is 0.296 e. The van der Waals surface area contributed by atoms with Gasteiger partial charge >= 0.3 is 0 Å². The highest BCUT2D eigenvalue weighted by Gasteiger charge is 2.39. The number of pyridine rings is 1. The van der Waals surface area contributed by atoms with Crippen molar-refractivity contribution in [2.24, 2.45) is 0 Å². The van der Waals surface area contributed by atoms with Crippen LogP contribution in [0.2, 0.25) is 0 Å². The number of aliphatic hydroxyl groups excluding tert-OH is 1. The van der Waals surface area contributed by atoms with Gasteiger partial charge in [-0.2, -0.15) is 0 Å². The summed E-state index contributed by atoms with van der Waals surface area (Å²) in [6.07, 6.45) is 3.15. The van der Waals surface area contributed by atoms with Gasteiger partial charge in [0.2, 0.25) is 5.91 Å². The molecule has 0 radical (unpaired) electrons. The van der Waals surface area contributed by atoms with Crippen LogP contribution in [0.15, 0.2) is 54.6 Å². The van der Waals surface area contributed by atoms with E-state index in [2.05, 4.69) is 10.3 Å². The fraction of sp³-hybridized carbons (Fsp3) is 0.111. The van der Waals surface area contributed by atoms with Crippen molar-refractivity contribution < 1.29 is 19.5 Å². The zero-order valence-electron chi connectivity index (χ0n) is 13.4. The highest BCUT2D eigenvalue weighted by Crippen LogP contribution is 2.29. The Morgan fingerprint density at radius 2 is 1.88 bits per heavy atom.